The molecule has 1 saturated carbocycles. The molecule has 21 heavy (non-hydrogen) atoms. The molecule has 5 nitrogen and oxygen atoms in total. The summed E-state index contributed by atoms with van der Waals surface area (Å²) in [4.78, 5) is 23.3. The molecule has 2 N–H and O–H groups in total. The molecule has 0 spiro atoms. The molecule has 2 rings (SSSR count). The van der Waals surface area contributed by atoms with E-state index >= 15 is 0 Å². The summed E-state index contributed by atoms with van der Waals surface area (Å²) in [7, 11) is 0. The van der Waals surface area contributed by atoms with Crippen LogP contribution in [-0.4, -0.2) is 29.1 Å². The van der Waals surface area contributed by atoms with E-state index in [2.05, 4.69) is 37.2 Å². The Morgan fingerprint density at radius 3 is 2.52 bits per heavy atom. The number of ether oxygens (including phenoxy) is 1. The molecule has 0 heterocycles. The molecule has 0 aromatic heterocycles. The second kappa shape index (κ2) is 6.79. The molecule has 7 heteroatoms. The van der Waals surface area contributed by atoms with Gasteiger partial charge < -0.3 is 15.2 Å². The minimum Gasteiger partial charge on any atom is -0.483 e. The SMILES string of the molecule is O=C(COc1ccc(Br)cc1Br)NC1(C(=O)O)CCCC1. The van der Waals surface area contributed by atoms with Gasteiger partial charge in [-0.2, -0.15) is 0 Å². The Bertz CT molecular complexity index is 556. The maximum atomic E-state index is 11.9. The van der Waals surface area contributed by atoms with Crippen molar-refractivity contribution in [3.63, 3.8) is 0 Å². The van der Waals surface area contributed by atoms with Gasteiger partial charge in [0, 0.05) is 4.47 Å². The predicted octanol–water partition coefficient (Wildman–Crippen LogP) is 3.10. The highest BCUT2D eigenvalue weighted by Crippen LogP contribution is 2.30. The summed E-state index contributed by atoms with van der Waals surface area (Å²) in [5.74, 6) is -0.864. The highest BCUT2D eigenvalue weighted by atomic mass is 79.9. The molecule has 1 aliphatic rings. The smallest absolute Gasteiger partial charge is 0.329 e. The summed E-state index contributed by atoms with van der Waals surface area (Å²) >= 11 is 6.67. The molecule has 0 atom stereocenters. The zero-order chi connectivity index (χ0) is 15.5. The molecule has 0 unspecified atom stereocenters. The Balaban J connectivity index is 1.94. The number of rotatable bonds is 5. The fourth-order valence-electron chi connectivity index (χ4n) is 2.41. The van der Waals surface area contributed by atoms with Gasteiger partial charge in [-0.05, 0) is 47.0 Å². The third kappa shape index (κ3) is 3.97. The van der Waals surface area contributed by atoms with Gasteiger partial charge in [-0.3, -0.25) is 4.79 Å². The van der Waals surface area contributed by atoms with Crippen LogP contribution in [0.1, 0.15) is 25.7 Å². The second-order valence-electron chi connectivity index (χ2n) is 5.01. The van der Waals surface area contributed by atoms with E-state index in [9.17, 15) is 14.7 Å². The minimum absolute atomic E-state index is 0.213. The molecule has 0 aliphatic heterocycles. The first kappa shape index (κ1) is 16.3. The number of hydrogen-bond donors (Lipinski definition) is 2. The van der Waals surface area contributed by atoms with Crippen molar-refractivity contribution in [2.75, 3.05) is 6.61 Å². The second-order valence-corrected chi connectivity index (χ2v) is 6.78. The zero-order valence-corrected chi connectivity index (χ0v) is 14.4. The monoisotopic (exact) mass is 419 g/mol. The van der Waals surface area contributed by atoms with E-state index in [1.165, 1.54) is 0 Å². The van der Waals surface area contributed by atoms with Crippen LogP contribution in [0.15, 0.2) is 27.1 Å². The van der Waals surface area contributed by atoms with Gasteiger partial charge in [0.2, 0.25) is 0 Å². The molecular formula is C14H15Br2NO4. The van der Waals surface area contributed by atoms with Crippen LogP contribution in [0.25, 0.3) is 0 Å². The Kier molecular flexibility index (Phi) is 5.27. The number of hydrogen-bond acceptors (Lipinski definition) is 3. The number of carboxylic acid groups (broad SMARTS) is 1. The van der Waals surface area contributed by atoms with Gasteiger partial charge in [-0.1, -0.05) is 28.8 Å². The van der Waals surface area contributed by atoms with Gasteiger partial charge in [0.1, 0.15) is 11.3 Å². The summed E-state index contributed by atoms with van der Waals surface area (Å²) in [6.45, 7) is -0.213. The lowest BCUT2D eigenvalue weighted by atomic mass is 9.98. The average Bonchev–Trinajstić information content (AvgIpc) is 2.87. The van der Waals surface area contributed by atoms with Gasteiger partial charge in [0.15, 0.2) is 6.61 Å². The lowest BCUT2D eigenvalue weighted by Gasteiger charge is -2.25. The van der Waals surface area contributed by atoms with Crippen molar-refractivity contribution >= 4 is 43.7 Å². The first-order valence-corrected chi connectivity index (χ1v) is 8.14. The Morgan fingerprint density at radius 1 is 1.29 bits per heavy atom. The summed E-state index contributed by atoms with van der Waals surface area (Å²) < 4.78 is 7.03. The summed E-state index contributed by atoms with van der Waals surface area (Å²) in [5.41, 5.74) is -1.13. The van der Waals surface area contributed by atoms with Gasteiger partial charge in [0.25, 0.3) is 5.91 Å². The highest BCUT2D eigenvalue weighted by molar-refractivity contribution is 9.11. The van der Waals surface area contributed by atoms with Crippen LogP contribution in [0.3, 0.4) is 0 Å². The standard InChI is InChI=1S/C14H15Br2NO4/c15-9-3-4-11(10(16)7-9)21-8-12(18)17-14(13(19)20)5-1-2-6-14/h3-4,7H,1-2,5-6,8H2,(H,17,18)(H,19,20). The van der Waals surface area contributed by atoms with E-state index in [0.717, 1.165) is 21.8 Å². The van der Waals surface area contributed by atoms with Crippen LogP contribution < -0.4 is 10.1 Å². The molecule has 1 amide bonds. The van der Waals surface area contributed by atoms with E-state index in [4.69, 9.17) is 4.74 Å². The molecule has 0 saturated heterocycles. The number of carbonyl (C=O) groups excluding carboxylic acids is 1. The van der Waals surface area contributed by atoms with Gasteiger partial charge >= 0.3 is 5.97 Å². The maximum absolute atomic E-state index is 11.9. The van der Waals surface area contributed by atoms with Crippen molar-refractivity contribution in [2.24, 2.45) is 0 Å². The van der Waals surface area contributed by atoms with Gasteiger partial charge in [-0.15, -0.1) is 0 Å². The number of nitrogens with one attached hydrogen (secondary N) is 1. The number of carboxylic acids is 1. The first-order chi connectivity index (χ1) is 9.93. The Morgan fingerprint density at radius 2 is 1.95 bits per heavy atom. The van der Waals surface area contributed by atoms with E-state index in [-0.39, 0.29) is 6.61 Å². The van der Waals surface area contributed by atoms with Crippen molar-refractivity contribution < 1.29 is 19.4 Å². The normalized spacial score (nSPS) is 16.5. The maximum Gasteiger partial charge on any atom is 0.329 e. The molecular weight excluding hydrogens is 406 g/mol. The summed E-state index contributed by atoms with van der Waals surface area (Å²) in [5, 5.41) is 11.9. The molecule has 1 fully saturated rings. The van der Waals surface area contributed by atoms with Crippen LogP contribution in [-0.2, 0) is 9.59 Å². The fourth-order valence-corrected chi connectivity index (χ4v) is 3.57. The van der Waals surface area contributed by atoms with E-state index in [0.29, 0.717) is 18.6 Å². The average molecular weight is 421 g/mol. The zero-order valence-electron chi connectivity index (χ0n) is 11.2. The van der Waals surface area contributed by atoms with E-state index in [1.54, 1.807) is 12.1 Å². The van der Waals surface area contributed by atoms with E-state index in [1.807, 2.05) is 6.07 Å². The van der Waals surface area contributed by atoms with Crippen LogP contribution in [0.5, 0.6) is 5.75 Å². The topological polar surface area (TPSA) is 75.6 Å². The molecule has 1 aliphatic carbocycles. The molecule has 114 valence electrons. The van der Waals surface area contributed by atoms with Crippen molar-refractivity contribution in [1.82, 2.24) is 5.32 Å². The molecule has 0 bridgehead atoms. The summed E-state index contributed by atoms with van der Waals surface area (Å²) in [6, 6.07) is 5.33. The third-order valence-corrected chi connectivity index (χ3v) is 4.61. The van der Waals surface area contributed by atoms with Crippen molar-refractivity contribution in [1.29, 1.82) is 0 Å². The first-order valence-electron chi connectivity index (χ1n) is 6.55. The molecule has 0 radical (unpaired) electrons. The molecule has 1 aromatic rings. The predicted molar refractivity (Wildman–Crippen MR) is 84.3 cm³/mol. The number of benzene rings is 1. The highest BCUT2D eigenvalue weighted by Gasteiger charge is 2.42. The van der Waals surface area contributed by atoms with Crippen molar-refractivity contribution in [3.05, 3.63) is 27.1 Å². The van der Waals surface area contributed by atoms with Crippen molar-refractivity contribution in [3.8, 4) is 5.75 Å². The number of halogens is 2. The largest absolute Gasteiger partial charge is 0.483 e. The fraction of sp³-hybridized carbons (Fsp3) is 0.429. The van der Waals surface area contributed by atoms with Crippen LogP contribution in [0, 0.1) is 0 Å². The molecule has 1 aromatic carbocycles. The quantitative estimate of drug-likeness (QED) is 0.767. The van der Waals surface area contributed by atoms with Gasteiger partial charge in [0.05, 0.1) is 4.47 Å². The Hall–Kier alpha value is -1.08. The van der Waals surface area contributed by atoms with Crippen LogP contribution >= 0.6 is 31.9 Å². The third-order valence-electron chi connectivity index (χ3n) is 3.50. The number of carbonyl (C=O) groups is 2. The van der Waals surface area contributed by atoms with Crippen molar-refractivity contribution in [2.45, 2.75) is 31.2 Å². The lowest BCUT2D eigenvalue weighted by molar-refractivity contribution is -0.147. The van der Waals surface area contributed by atoms with Crippen LogP contribution in [0.2, 0.25) is 0 Å². The van der Waals surface area contributed by atoms with Gasteiger partial charge in [-0.25, -0.2) is 4.79 Å². The summed E-state index contributed by atoms with van der Waals surface area (Å²) in [6.07, 6.45) is 2.56. The number of aliphatic carboxylic acids is 1. The van der Waals surface area contributed by atoms with E-state index < -0.39 is 17.4 Å². The lowest BCUT2D eigenvalue weighted by Crippen LogP contribution is -2.53. The Labute approximate surface area is 139 Å². The van der Waals surface area contributed by atoms with Crippen LogP contribution in [0.4, 0.5) is 0 Å². The minimum atomic E-state index is -1.13. The number of amides is 1.